The third-order valence-corrected chi connectivity index (χ3v) is 3.58. The van der Waals surface area contributed by atoms with Crippen molar-refractivity contribution >= 4 is 11.8 Å². The van der Waals surface area contributed by atoms with Gasteiger partial charge in [0.1, 0.15) is 0 Å². The van der Waals surface area contributed by atoms with Crippen molar-refractivity contribution < 1.29 is 14.7 Å². The first kappa shape index (κ1) is 10.6. The molecular weight excluding hydrogens is 194 g/mol. The van der Waals surface area contributed by atoms with Crippen LogP contribution in [0.5, 0.6) is 0 Å². The topological polar surface area (TPSA) is 57.6 Å². The molecule has 2 unspecified atom stereocenters. The summed E-state index contributed by atoms with van der Waals surface area (Å²) in [6, 6.07) is 0. The van der Waals surface area contributed by atoms with Gasteiger partial charge in [0.25, 0.3) is 0 Å². The molecule has 2 fully saturated rings. The summed E-state index contributed by atoms with van der Waals surface area (Å²) in [6.07, 6.45) is 2.63. The number of aliphatic hydroxyl groups excluding tert-OH is 1. The van der Waals surface area contributed by atoms with Crippen molar-refractivity contribution in [3.8, 4) is 0 Å². The second-order valence-corrected chi connectivity index (χ2v) is 5.13. The fourth-order valence-corrected chi connectivity index (χ4v) is 2.66. The largest absolute Gasteiger partial charge is 0.394 e. The lowest BCUT2D eigenvalue weighted by molar-refractivity contribution is -0.148. The molecular formula is C11H17NO3. The minimum absolute atomic E-state index is 0.0819. The van der Waals surface area contributed by atoms with Gasteiger partial charge in [-0.2, -0.15) is 0 Å². The molecule has 0 aromatic rings. The Morgan fingerprint density at radius 1 is 1.27 bits per heavy atom. The normalized spacial score (nSPS) is 31.3. The van der Waals surface area contributed by atoms with E-state index in [-0.39, 0.29) is 30.3 Å². The summed E-state index contributed by atoms with van der Waals surface area (Å²) >= 11 is 0. The molecule has 2 amide bonds. The van der Waals surface area contributed by atoms with Gasteiger partial charge in [-0.15, -0.1) is 0 Å². The van der Waals surface area contributed by atoms with Crippen LogP contribution in [0.15, 0.2) is 0 Å². The molecule has 0 spiro atoms. The van der Waals surface area contributed by atoms with Gasteiger partial charge in [-0.3, -0.25) is 14.5 Å². The Kier molecular flexibility index (Phi) is 2.34. The Morgan fingerprint density at radius 2 is 1.73 bits per heavy atom. The zero-order chi connectivity index (χ0) is 11.2. The van der Waals surface area contributed by atoms with Crippen molar-refractivity contribution in [1.82, 2.24) is 4.90 Å². The maximum Gasteiger partial charge on any atom is 0.233 e. The number of imide groups is 1. The molecule has 4 heteroatoms. The van der Waals surface area contributed by atoms with E-state index >= 15 is 0 Å². The molecule has 0 aromatic heterocycles. The molecule has 1 saturated heterocycles. The van der Waals surface area contributed by atoms with Gasteiger partial charge in [-0.05, 0) is 26.7 Å². The number of likely N-dealkylation sites (tertiary alicyclic amines) is 1. The van der Waals surface area contributed by atoms with Gasteiger partial charge in [0.15, 0.2) is 0 Å². The fraction of sp³-hybridized carbons (Fsp3) is 0.818. The van der Waals surface area contributed by atoms with Gasteiger partial charge in [-0.1, -0.05) is 6.42 Å². The highest BCUT2D eigenvalue weighted by Gasteiger charge is 2.53. The summed E-state index contributed by atoms with van der Waals surface area (Å²) in [7, 11) is 0. The average molecular weight is 211 g/mol. The van der Waals surface area contributed by atoms with E-state index in [0.29, 0.717) is 0 Å². The van der Waals surface area contributed by atoms with Crippen LogP contribution >= 0.6 is 0 Å². The van der Waals surface area contributed by atoms with Crippen molar-refractivity contribution in [2.45, 2.75) is 38.6 Å². The van der Waals surface area contributed by atoms with E-state index in [9.17, 15) is 14.7 Å². The predicted octanol–water partition coefficient (Wildman–Crippen LogP) is 0.542. The lowest BCUT2D eigenvalue weighted by Crippen LogP contribution is -2.50. The van der Waals surface area contributed by atoms with Crippen molar-refractivity contribution in [3.63, 3.8) is 0 Å². The highest BCUT2D eigenvalue weighted by atomic mass is 16.3. The number of carbonyl (C=O) groups excluding carboxylic acids is 2. The van der Waals surface area contributed by atoms with Gasteiger partial charge < -0.3 is 5.11 Å². The van der Waals surface area contributed by atoms with Crippen LogP contribution in [0.3, 0.4) is 0 Å². The SMILES string of the molecule is CC(C)(CO)N1C(=O)C2CCCC2C1=O. The zero-order valence-corrected chi connectivity index (χ0v) is 9.19. The molecule has 0 aromatic carbocycles. The molecule has 84 valence electrons. The van der Waals surface area contributed by atoms with Crippen LogP contribution in [-0.2, 0) is 9.59 Å². The monoisotopic (exact) mass is 211 g/mol. The molecule has 1 heterocycles. The minimum atomic E-state index is -0.751. The molecule has 1 saturated carbocycles. The fourth-order valence-electron chi connectivity index (χ4n) is 2.66. The number of aliphatic hydroxyl groups is 1. The molecule has 1 aliphatic carbocycles. The quantitative estimate of drug-likeness (QED) is 0.678. The number of hydrogen-bond acceptors (Lipinski definition) is 3. The Bertz CT molecular complexity index is 289. The van der Waals surface area contributed by atoms with Crippen LogP contribution in [0.1, 0.15) is 33.1 Å². The van der Waals surface area contributed by atoms with E-state index in [1.807, 2.05) is 0 Å². The highest BCUT2D eigenvalue weighted by Crippen LogP contribution is 2.42. The number of nitrogens with zero attached hydrogens (tertiary/aromatic N) is 1. The number of amides is 2. The molecule has 4 nitrogen and oxygen atoms in total. The van der Waals surface area contributed by atoms with Crippen LogP contribution in [0, 0.1) is 11.8 Å². The second-order valence-electron chi connectivity index (χ2n) is 5.13. The van der Waals surface area contributed by atoms with Crippen LogP contribution in [0.25, 0.3) is 0 Å². The van der Waals surface area contributed by atoms with Crippen molar-refractivity contribution in [2.75, 3.05) is 6.61 Å². The van der Waals surface area contributed by atoms with Crippen molar-refractivity contribution in [2.24, 2.45) is 11.8 Å². The van der Waals surface area contributed by atoms with Crippen LogP contribution in [0.2, 0.25) is 0 Å². The van der Waals surface area contributed by atoms with Crippen LogP contribution in [0.4, 0.5) is 0 Å². The highest BCUT2D eigenvalue weighted by molar-refractivity contribution is 6.06. The molecule has 2 aliphatic rings. The van der Waals surface area contributed by atoms with E-state index in [2.05, 4.69) is 0 Å². The molecule has 1 aliphatic heterocycles. The average Bonchev–Trinajstić information content (AvgIpc) is 2.72. The van der Waals surface area contributed by atoms with E-state index in [0.717, 1.165) is 19.3 Å². The van der Waals surface area contributed by atoms with Gasteiger partial charge in [-0.25, -0.2) is 0 Å². The Labute approximate surface area is 89.3 Å². The number of hydrogen-bond donors (Lipinski definition) is 1. The lowest BCUT2D eigenvalue weighted by atomic mass is 10.00. The minimum Gasteiger partial charge on any atom is -0.394 e. The molecule has 2 rings (SSSR count). The first-order valence-electron chi connectivity index (χ1n) is 5.48. The van der Waals surface area contributed by atoms with Gasteiger partial charge in [0.05, 0.1) is 24.0 Å². The van der Waals surface area contributed by atoms with Gasteiger partial charge >= 0.3 is 0 Å². The summed E-state index contributed by atoms with van der Waals surface area (Å²) in [5.74, 6) is -0.380. The summed E-state index contributed by atoms with van der Waals surface area (Å²) in [5, 5.41) is 9.21. The molecule has 0 bridgehead atoms. The molecule has 1 N–H and O–H groups in total. The maximum absolute atomic E-state index is 12.0. The van der Waals surface area contributed by atoms with E-state index < -0.39 is 5.54 Å². The first-order chi connectivity index (χ1) is 6.99. The molecule has 2 atom stereocenters. The Balaban J connectivity index is 2.29. The Hall–Kier alpha value is -0.900. The standard InChI is InChI=1S/C11H17NO3/c1-11(2,6-13)12-9(14)7-4-3-5-8(7)10(12)15/h7-8,13H,3-6H2,1-2H3. The first-order valence-corrected chi connectivity index (χ1v) is 5.48. The number of rotatable bonds is 2. The van der Waals surface area contributed by atoms with Crippen molar-refractivity contribution in [1.29, 1.82) is 0 Å². The van der Waals surface area contributed by atoms with Gasteiger partial charge in [0, 0.05) is 0 Å². The smallest absolute Gasteiger partial charge is 0.233 e. The van der Waals surface area contributed by atoms with Gasteiger partial charge in [0.2, 0.25) is 11.8 Å². The Morgan fingerprint density at radius 3 is 2.13 bits per heavy atom. The van der Waals surface area contributed by atoms with E-state index in [4.69, 9.17) is 0 Å². The lowest BCUT2D eigenvalue weighted by Gasteiger charge is -2.32. The van der Waals surface area contributed by atoms with Crippen LogP contribution in [-0.4, -0.2) is 34.0 Å². The summed E-state index contributed by atoms with van der Waals surface area (Å²) < 4.78 is 0. The molecule has 15 heavy (non-hydrogen) atoms. The zero-order valence-electron chi connectivity index (χ0n) is 9.19. The third kappa shape index (κ3) is 1.39. The number of carbonyl (C=O) groups is 2. The summed E-state index contributed by atoms with van der Waals surface area (Å²) in [5.41, 5.74) is -0.751. The molecule has 0 radical (unpaired) electrons. The maximum atomic E-state index is 12.0. The summed E-state index contributed by atoms with van der Waals surface area (Å²) in [4.78, 5) is 25.3. The summed E-state index contributed by atoms with van der Waals surface area (Å²) in [6.45, 7) is 3.28. The van der Waals surface area contributed by atoms with E-state index in [1.165, 1.54) is 4.90 Å². The predicted molar refractivity (Wildman–Crippen MR) is 53.8 cm³/mol. The second kappa shape index (κ2) is 3.30. The van der Waals surface area contributed by atoms with Crippen LogP contribution < -0.4 is 0 Å². The third-order valence-electron chi connectivity index (χ3n) is 3.58. The number of fused-ring (bicyclic) bond motifs is 1. The van der Waals surface area contributed by atoms with E-state index in [1.54, 1.807) is 13.8 Å². The van der Waals surface area contributed by atoms with Crippen molar-refractivity contribution in [3.05, 3.63) is 0 Å².